The van der Waals surface area contributed by atoms with Gasteiger partial charge in [-0.3, -0.25) is 4.79 Å². The number of carbonyl (C=O) groups excluding carboxylic acids is 1. The number of aliphatic hydroxyl groups is 4. The summed E-state index contributed by atoms with van der Waals surface area (Å²) in [6.07, 6.45) is -8.58. The molecule has 1 fully saturated rings. The van der Waals surface area contributed by atoms with Gasteiger partial charge in [-0.2, -0.15) is 0 Å². The minimum absolute atomic E-state index is 0.00569. The van der Waals surface area contributed by atoms with E-state index in [4.69, 9.17) is 18.9 Å². The Morgan fingerprint density at radius 1 is 1.03 bits per heavy atom. The third-order valence-corrected chi connectivity index (χ3v) is 5.64. The number of fused-ring (bicyclic) bond motifs is 1. The van der Waals surface area contributed by atoms with Crippen molar-refractivity contribution in [2.45, 2.75) is 43.2 Å². The van der Waals surface area contributed by atoms with E-state index in [-0.39, 0.29) is 40.7 Å². The number of ketones is 1. The van der Waals surface area contributed by atoms with Crippen molar-refractivity contribution in [3.05, 3.63) is 41.5 Å². The molecule has 0 spiro atoms. The second-order valence-electron chi connectivity index (χ2n) is 7.80. The van der Waals surface area contributed by atoms with Gasteiger partial charge in [0.05, 0.1) is 20.1 Å². The van der Waals surface area contributed by atoms with E-state index in [1.165, 1.54) is 25.3 Å². The number of benzene rings is 2. The Balaban J connectivity index is 1.63. The van der Waals surface area contributed by atoms with E-state index in [0.717, 1.165) is 6.07 Å². The van der Waals surface area contributed by atoms with Crippen molar-refractivity contribution in [1.29, 1.82) is 0 Å². The number of phenolic OH excluding ortho intramolecular Hbond substituents is 2. The molecule has 178 valence electrons. The summed E-state index contributed by atoms with van der Waals surface area (Å²) in [5, 5.41) is 59.7. The van der Waals surface area contributed by atoms with Crippen molar-refractivity contribution in [3.8, 4) is 28.7 Å². The van der Waals surface area contributed by atoms with E-state index in [9.17, 15) is 35.4 Å². The van der Waals surface area contributed by atoms with Gasteiger partial charge in [0.2, 0.25) is 6.29 Å². The highest BCUT2D eigenvalue weighted by atomic mass is 16.7. The van der Waals surface area contributed by atoms with Gasteiger partial charge in [-0.05, 0) is 17.7 Å². The van der Waals surface area contributed by atoms with Crippen molar-refractivity contribution in [3.63, 3.8) is 0 Å². The number of aliphatic hydroxyl groups excluding tert-OH is 4. The zero-order valence-corrected chi connectivity index (χ0v) is 17.5. The number of phenols is 2. The highest BCUT2D eigenvalue weighted by molar-refractivity contribution is 6.02. The highest BCUT2D eigenvalue weighted by Gasteiger charge is 2.45. The number of aromatic hydroxyl groups is 2. The Labute approximate surface area is 188 Å². The van der Waals surface area contributed by atoms with Gasteiger partial charge in [-0.15, -0.1) is 0 Å². The van der Waals surface area contributed by atoms with E-state index in [2.05, 4.69) is 0 Å². The summed E-state index contributed by atoms with van der Waals surface area (Å²) in [4.78, 5) is 13.0. The van der Waals surface area contributed by atoms with E-state index >= 15 is 0 Å². The molecule has 2 aromatic rings. The summed E-state index contributed by atoms with van der Waals surface area (Å²) < 4.78 is 21.8. The molecule has 33 heavy (non-hydrogen) atoms. The molecule has 11 nitrogen and oxygen atoms in total. The van der Waals surface area contributed by atoms with Crippen molar-refractivity contribution in [1.82, 2.24) is 0 Å². The lowest BCUT2D eigenvalue weighted by Gasteiger charge is -2.40. The molecule has 0 unspecified atom stereocenters. The number of rotatable bonds is 5. The highest BCUT2D eigenvalue weighted by Crippen LogP contribution is 2.44. The molecule has 6 N–H and O–H groups in total. The van der Waals surface area contributed by atoms with Crippen LogP contribution in [0.1, 0.15) is 28.4 Å². The maximum atomic E-state index is 13.0. The smallest absolute Gasteiger partial charge is 0.229 e. The van der Waals surface area contributed by atoms with Crippen molar-refractivity contribution in [2.24, 2.45) is 0 Å². The number of carbonyl (C=O) groups is 1. The zero-order chi connectivity index (χ0) is 23.9. The summed E-state index contributed by atoms with van der Waals surface area (Å²) in [5.41, 5.74) is 0.491. The van der Waals surface area contributed by atoms with Crippen molar-refractivity contribution in [2.75, 3.05) is 13.7 Å². The van der Waals surface area contributed by atoms with Crippen LogP contribution in [0.5, 0.6) is 28.7 Å². The van der Waals surface area contributed by atoms with Crippen LogP contribution in [-0.2, 0) is 4.74 Å². The van der Waals surface area contributed by atoms with Gasteiger partial charge in [-0.25, -0.2) is 0 Å². The Morgan fingerprint density at radius 2 is 1.79 bits per heavy atom. The van der Waals surface area contributed by atoms with E-state index in [1.54, 1.807) is 6.07 Å². The quantitative estimate of drug-likeness (QED) is 0.351. The molecule has 6 atom stereocenters. The molecule has 4 rings (SSSR count). The van der Waals surface area contributed by atoms with E-state index in [1.807, 2.05) is 0 Å². The van der Waals surface area contributed by atoms with Crippen molar-refractivity contribution < 1.29 is 54.4 Å². The normalized spacial score (nSPS) is 29.2. The van der Waals surface area contributed by atoms with Crippen LogP contribution in [0.3, 0.4) is 0 Å². The average molecular weight is 464 g/mol. The predicted octanol–water partition coefficient (Wildman–Crippen LogP) is -0.00840. The molecule has 0 aliphatic carbocycles. The van der Waals surface area contributed by atoms with E-state index in [0.29, 0.717) is 5.56 Å². The maximum absolute atomic E-state index is 13.0. The maximum Gasteiger partial charge on any atom is 0.229 e. The van der Waals surface area contributed by atoms with Gasteiger partial charge in [-0.1, -0.05) is 6.07 Å². The Morgan fingerprint density at radius 3 is 2.45 bits per heavy atom. The minimum Gasteiger partial charge on any atom is -0.508 e. The largest absolute Gasteiger partial charge is 0.508 e. The summed E-state index contributed by atoms with van der Waals surface area (Å²) in [7, 11) is 1.41. The van der Waals surface area contributed by atoms with Gasteiger partial charge in [0.1, 0.15) is 53.3 Å². The summed E-state index contributed by atoms with van der Waals surface area (Å²) in [6, 6.07) is 6.93. The van der Waals surface area contributed by atoms with Crippen LogP contribution < -0.4 is 14.2 Å². The second-order valence-corrected chi connectivity index (χ2v) is 7.80. The molecule has 2 aromatic carbocycles. The molecule has 0 amide bonds. The van der Waals surface area contributed by atoms with Gasteiger partial charge >= 0.3 is 0 Å². The monoisotopic (exact) mass is 464 g/mol. The zero-order valence-electron chi connectivity index (χ0n) is 17.5. The molecule has 0 radical (unpaired) electrons. The molecule has 0 bridgehead atoms. The van der Waals surface area contributed by atoms with Crippen LogP contribution in [-0.4, -0.2) is 80.8 Å². The van der Waals surface area contributed by atoms with Gasteiger partial charge in [0.25, 0.3) is 0 Å². The van der Waals surface area contributed by atoms with Crippen LogP contribution in [0, 0.1) is 0 Å². The third kappa shape index (κ3) is 4.28. The predicted molar refractivity (Wildman–Crippen MR) is 109 cm³/mol. The van der Waals surface area contributed by atoms with E-state index < -0.39 is 49.2 Å². The number of hydrogen-bond donors (Lipinski definition) is 6. The third-order valence-electron chi connectivity index (χ3n) is 5.64. The molecule has 2 aliphatic rings. The number of hydrogen-bond acceptors (Lipinski definition) is 11. The lowest BCUT2D eigenvalue weighted by molar-refractivity contribution is -0.277. The summed E-state index contributed by atoms with van der Waals surface area (Å²) in [6.45, 7) is -0.651. The van der Waals surface area contributed by atoms with Gasteiger partial charge < -0.3 is 49.6 Å². The molecule has 0 aromatic heterocycles. The Hall–Kier alpha value is -3.09. The Bertz CT molecular complexity index is 1040. The first kappa shape index (κ1) is 23.1. The Kier molecular flexibility index (Phi) is 6.32. The molecular weight excluding hydrogens is 440 g/mol. The first-order valence-electron chi connectivity index (χ1n) is 10.1. The molecule has 1 saturated heterocycles. The minimum atomic E-state index is -1.70. The fourth-order valence-electron chi connectivity index (χ4n) is 3.89. The van der Waals surface area contributed by atoms with Crippen molar-refractivity contribution >= 4 is 5.78 Å². The second kappa shape index (κ2) is 9.04. The average Bonchev–Trinajstić information content (AvgIpc) is 2.78. The van der Waals surface area contributed by atoms with Crippen LogP contribution in [0.4, 0.5) is 0 Å². The standard InChI is InChI=1S/C22H24O11/c1-30-13-3-2-9(4-11(13)25)14-7-12(26)18-15(31-14)5-10(24)6-16(18)32-22-21(29)20(28)19(27)17(8-23)33-22/h2-6,14,17,19-25,27-29H,7-8H2,1H3/t14-,17+,19+,20-,21+,22+/m0/s1. The molecular formula is C22H24O11. The molecule has 2 heterocycles. The fraction of sp³-hybridized carbons (Fsp3) is 0.409. The summed E-state index contributed by atoms with van der Waals surface area (Å²) >= 11 is 0. The molecule has 11 heteroatoms. The number of methoxy groups -OCH3 is 1. The lowest BCUT2D eigenvalue weighted by atomic mass is 9.95. The van der Waals surface area contributed by atoms with Gasteiger partial charge in [0, 0.05) is 12.1 Å². The van der Waals surface area contributed by atoms with Gasteiger partial charge in [0.15, 0.2) is 17.3 Å². The van der Waals surface area contributed by atoms with Crippen LogP contribution in [0.2, 0.25) is 0 Å². The lowest BCUT2D eigenvalue weighted by Crippen LogP contribution is -2.60. The molecule has 0 saturated carbocycles. The van der Waals surface area contributed by atoms with Crippen LogP contribution in [0.15, 0.2) is 30.3 Å². The van der Waals surface area contributed by atoms with Crippen LogP contribution >= 0.6 is 0 Å². The molecule has 2 aliphatic heterocycles. The fourth-order valence-corrected chi connectivity index (χ4v) is 3.89. The summed E-state index contributed by atoms with van der Waals surface area (Å²) in [5.74, 6) is -0.745. The SMILES string of the molecule is COc1ccc([C@@H]2CC(=O)c3c(O[C@@H]4O[C@H](CO)[C@@H](O)[C@H](O)[C@H]4O)cc(O)cc3O2)cc1O. The number of ether oxygens (including phenoxy) is 4. The van der Waals surface area contributed by atoms with Crippen LogP contribution in [0.25, 0.3) is 0 Å². The topological polar surface area (TPSA) is 175 Å². The first-order chi connectivity index (χ1) is 15.7. The first-order valence-corrected chi connectivity index (χ1v) is 10.1. The number of Topliss-reactive ketones (excluding diaryl/α,β-unsaturated/α-hetero) is 1.